The van der Waals surface area contributed by atoms with E-state index in [4.69, 9.17) is 43.9 Å². The van der Waals surface area contributed by atoms with Crippen LogP contribution in [0, 0.1) is 0 Å². The Morgan fingerprint density at radius 1 is 0.181 bits per heavy atom. The second-order valence-electron chi connectivity index (χ2n) is 35.5. The number of rotatable bonds is 32. The van der Waals surface area contributed by atoms with E-state index in [9.17, 15) is 40.9 Å². The minimum Gasteiger partial charge on any atom is -0.508 e. The molecule has 0 aliphatic rings. The Balaban J connectivity index is 0.000000126. The molecule has 0 spiro atoms. The molecular weight excluding hydrogens is 1800 g/mol. The molecule has 0 amide bonds. The van der Waals surface area contributed by atoms with Crippen LogP contribution in [-0.4, -0.2) is 127 Å². The van der Waals surface area contributed by atoms with Gasteiger partial charge in [0.1, 0.15) is 46.0 Å². The molecule has 0 atom stereocenters. The van der Waals surface area contributed by atoms with Gasteiger partial charge in [0.15, 0.2) is 46.6 Å². The zero-order valence-corrected chi connectivity index (χ0v) is 80.6. The lowest BCUT2D eigenvalue weighted by molar-refractivity contribution is 0.281. The summed E-state index contributed by atoms with van der Waals surface area (Å²) in [6.07, 6.45) is 17.1. The Bertz CT molecular complexity index is 8150. The highest BCUT2D eigenvalue weighted by Crippen LogP contribution is 2.44. The SMILES string of the molecule is CCCCCCOc1nc(-c2ccc(O)cc2O)nc(-c2c3ccccc3cc3ccccc23)n1.CCCCCCOc1nc(-c2ccc(O)cc2O)nc(-c2cc3c4ccccc4ccc3c3ccccc23)n1.CCCCCCOc1nc(-c2ccc(O)cc2O)nc(-c2cc3ccccc3c3ccccc23)n1.CCCCCCOc1nc(-c2ccc3cc4ccccc4cc3c2)nc(-c2ccc(O)cc2O)n1. The molecule has 144 heavy (non-hydrogen) atoms. The second kappa shape index (κ2) is 45.8. The third-order valence-electron chi connectivity index (χ3n) is 25.2. The van der Waals surface area contributed by atoms with E-state index in [1.165, 1.54) is 59.3 Å². The smallest absolute Gasteiger partial charge is 0.320 e. The fraction of sp³-hybridized carbons (Fsp3) is 0.200. The van der Waals surface area contributed by atoms with Crippen molar-refractivity contribution in [1.29, 1.82) is 0 Å². The van der Waals surface area contributed by atoms with Gasteiger partial charge in [0.05, 0.1) is 48.7 Å². The van der Waals surface area contributed by atoms with Crippen molar-refractivity contribution < 1.29 is 59.8 Å². The predicted molar refractivity (Wildman–Crippen MR) is 572 cm³/mol. The van der Waals surface area contributed by atoms with E-state index < -0.39 is 0 Å². The van der Waals surface area contributed by atoms with Crippen LogP contribution >= 0.6 is 0 Å². The highest BCUT2D eigenvalue weighted by Gasteiger charge is 2.25. The van der Waals surface area contributed by atoms with Gasteiger partial charge in [0.2, 0.25) is 0 Å². The molecule has 21 rings (SSSR count). The van der Waals surface area contributed by atoms with Gasteiger partial charge in [0, 0.05) is 46.5 Å². The Morgan fingerprint density at radius 3 is 0.861 bits per heavy atom. The molecule has 0 unspecified atom stereocenters. The van der Waals surface area contributed by atoms with Crippen molar-refractivity contribution in [3.8, 4) is 161 Å². The number of aromatic hydroxyl groups is 8. The summed E-state index contributed by atoms with van der Waals surface area (Å²) in [5.41, 5.74) is 5.00. The van der Waals surface area contributed by atoms with Gasteiger partial charge < -0.3 is 59.8 Å². The number of nitrogens with zero attached hydrogens (tertiary/aromatic N) is 12. The molecule has 4 aromatic heterocycles. The maximum atomic E-state index is 10.6. The summed E-state index contributed by atoms with van der Waals surface area (Å²) in [6, 6.07) is 97.0. The fourth-order valence-electron chi connectivity index (χ4n) is 17.9. The minimum atomic E-state index is -0.115. The van der Waals surface area contributed by atoms with Crippen molar-refractivity contribution in [2.24, 2.45) is 0 Å². The number of unbranched alkanes of at least 4 members (excludes halogenated alkanes) is 12. The largest absolute Gasteiger partial charge is 0.508 e. The average Bonchev–Trinajstić information content (AvgIpc) is 0.739. The molecular formula is C120H110N12O12. The van der Waals surface area contributed by atoms with Gasteiger partial charge in [-0.1, -0.05) is 299 Å². The highest BCUT2D eigenvalue weighted by atomic mass is 16.5. The maximum absolute atomic E-state index is 10.6. The lowest BCUT2D eigenvalue weighted by atomic mass is 9.93. The summed E-state index contributed by atoms with van der Waals surface area (Å²) in [5, 5.41) is 101. The van der Waals surface area contributed by atoms with Crippen LogP contribution in [0.4, 0.5) is 0 Å². The van der Waals surface area contributed by atoms with Gasteiger partial charge in [0.25, 0.3) is 0 Å². The van der Waals surface area contributed by atoms with E-state index in [0.29, 0.717) is 72.0 Å². The first-order valence-corrected chi connectivity index (χ1v) is 49.2. The molecule has 0 fully saturated rings. The lowest BCUT2D eigenvalue weighted by Gasteiger charge is -2.14. The van der Waals surface area contributed by atoms with E-state index in [1.54, 1.807) is 24.3 Å². The molecule has 0 saturated carbocycles. The van der Waals surface area contributed by atoms with Crippen molar-refractivity contribution in [2.45, 2.75) is 130 Å². The molecule has 722 valence electrons. The van der Waals surface area contributed by atoms with Crippen molar-refractivity contribution in [3.63, 3.8) is 0 Å². The number of phenolic OH excluding ortho intramolecular Hbond substituents is 8. The van der Waals surface area contributed by atoms with Gasteiger partial charge in [-0.2, -0.15) is 39.9 Å². The van der Waals surface area contributed by atoms with Gasteiger partial charge in [-0.05, 0) is 208 Å². The zero-order chi connectivity index (χ0) is 99.4. The maximum Gasteiger partial charge on any atom is 0.320 e. The van der Waals surface area contributed by atoms with E-state index in [1.807, 2.05) is 84.9 Å². The first kappa shape index (κ1) is 97.0. The van der Waals surface area contributed by atoms with Crippen LogP contribution in [0.15, 0.2) is 303 Å². The number of hydrogen-bond donors (Lipinski definition) is 8. The topological polar surface area (TPSA) is 353 Å². The quantitative estimate of drug-likeness (QED) is 0.0110. The molecule has 0 aliphatic carbocycles. The highest BCUT2D eigenvalue weighted by molar-refractivity contribution is 6.21. The van der Waals surface area contributed by atoms with Crippen LogP contribution in [0.3, 0.4) is 0 Å². The molecule has 0 aliphatic heterocycles. The Kier molecular flexibility index (Phi) is 30.8. The number of phenols is 8. The fourth-order valence-corrected chi connectivity index (χ4v) is 17.9. The van der Waals surface area contributed by atoms with E-state index >= 15 is 0 Å². The molecule has 8 N–H and O–H groups in total. The summed E-state index contributed by atoms with van der Waals surface area (Å²) < 4.78 is 23.8. The molecule has 21 aromatic rings. The summed E-state index contributed by atoms with van der Waals surface area (Å²) >= 11 is 0. The van der Waals surface area contributed by atoms with Crippen molar-refractivity contribution in [3.05, 3.63) is 303 Å². The number of benzene rings is 17. The van der Waals surface area contributed by atoms with Crippen LogP contribution in [0.1, 0.15) is 130 Å². The van der Waals surface area contributed by atoms with Crippen LogP contribution in [-0.2, 0) is 0 Å². The van der Waals surface area contributed by atoms with Gasteiger partial charge in [-0.3, -0.25) is 0 Å². The number of ether oxygens (including phenoxy) is 4. The normalized spacial score (nSPS) is 11.3. The molecule has 0 saturated heterocycles. The first-order chi connectivity index (χ1) is 70.5. The molecule has 0 radical (unpaired) electrons. The Hall–Kier alpha value is -17.3. The Labute approximate surface area is 832 Å². The van der Waals surface area contributed by atoms with Crippen LogP contribution in [0.5, 0.6) is 70.0 Å². The summed E-state index contributed by atoms with van der Waals surface area (Å²) in [6.45, 7) is 10.7. The van der Waals surface area contributed by atoms with Crippen LogP contribution < -0.4 is 18.9 Å². The van der Waals surface area contributed by atoms with Crippen molar-refractivity contribution in [2.75, 3.05) is 26.4 Å². The number of aromatic nitrogens is 12. The molecule has 4 heterocycles. The van der Waals surface area contributed by atoms with Gasteiger partial charge >= 0.3 is 24.0 Å². The van der Waals surface area contributed by atoms with E-state index in [-0.39, 0.29) is 93.3 Å². The second-order valence-corrected chi connectivity index (χ2v) is 35.5. The third-order valence-corrected chi connectivity index (χ3v) is 25.2. The zero-order valence-electron chi connectivity index (χ0n) is 80.6. The minimum absolute atomic E-state index is 0.0327. The average molecular weight is 1910 g/mol. The van der Waals surface area contributed by atoms with Crippen molar-refractivity contribution in [1.82, 2.24) is 59.8 Å². The summed E-state index contributed by atoms with van der Waals surface area (Å²) in [7, 11) is 0. The van der Waals surface area contributed by atoms with E-state index in [0.717, 1.165) is 211 Å². The molecule has 24 heteroatoms. The van der Waals surface area contributed by atoms with Gasteiger partial charge in [-0.25, -0.2) is 19.9 Å². The van der Waals surface area contributed by atoms with Gasteiger partial charge in [-0.15, -0.1) is 0 Å². The number of hydrogen-bond acceptors (Lipinski definition) is 24. The number of fused-ring (bicyclic) bond motifs is 12. The monoisotopic (exact) mass is 1910 g/mol. The Morgan fingerprint density at radius 2 is 0.458 bits per heavy atom. The van der Waals surface area contributed by atoms with Crippen molar-refractivity contribution >= 4 is 97.0 Å². The lowest BCUT2D eigenvalue weighted by Crippen LogP contribution is -2.05. The van der Waals surface area contributed by atoms with Crippen LogP contribution in [0.2, 0.25) is 0 Å². The predicted octanol–water partition coefficient (Wildman–Crippen LogP) is 28.7. The van der Waals surface area contributed by atoms with E-state index in [2.05, 4.69) is 208 Å². The van der Waals surface area contributed by atoms with Crippen LogP contribution in [0.25, 0.3) is 188 Å². The molecule has 0 bridgehead atoms. The third kappa shape index (κ3) is 22.7. The molecule has 17 aromatic carbocycles. The standard InChI is InChI=1S/C33H29N3O3.3C29H27N3O3/c1-2-3-4-9-18-39-33-35-31(27-17-15-22(37)19-30(27)38)34-32(36-33)29-20-28-23-11-6-5-10-21(23)14-16-26(28)24-12-7-8-13-25(24)29;1-2-3-4-9-16-35-29-31-27(24-15-14-21(33)18-25(24)34)30-28(32-29)26-22-12-7-5-10-19(22)17-20-11-6-8-13-23(20)26;1-2-3-4-9-16-35-29-31-27(24-15-14-20(33)18-26(24)34)30-28(32-29)25-17-19-10-5-6-11-21(19)22-12-7-8-13-23(22)25;1-2-3-4-7-14-35-29-31-27(30-28(32-29)25-13-12-24(33)18-26(25)34)22-11-10-21-15-19-8-5-6-9-20(19)16-23(21)17-22/h5-8,10-17,19-20,37-38H,2-4,9,18H2,1H3;2*5-8,10-15,17-18,33-34H,2-4,9,16H2,1H3;5-6,8-13,15-18,33-34H,2-4,7,14H2,1H3. The summed E-state index contributed by atoms with van der Waals surface area (Å²) in [5.74, 6) is 2.41. The summed E-state index contributed by atoms with van der Waals surface area (Å²) in [4.78, 5) is 55.7. The first-order valence-electron chi connectivity index (χ1n) is 49.2. The molecule has 24 nitrogen and oxygen atoms in total.